The van der Waals surface area contributed by atoms with Crippen LogP contribution in [-0.2, 0) is 21.2 Å². The molecule has 3 aliphatic heterocycles. The molecule has 42 heavy (non-hydrogen) atoms. The first-order valence-electron chi connectivity index (χ1n) is 13.9. The van der Waals surface area contributed by atoms with Crippen molar-refractivity contribution in [2.24, 2.45) is 0 Å². The molecule has 3 heterocycles. The summed E-state index contributed by atoms with van der Waals surface area (Å²) in [6.07, 6.45) is 0. The maximum atomic E-state index is 6.39. The lowest BCUT2D eigenvalue weighted by Crippen LogP contribution is -2.14. The predicted molar refractivity (Wildman–Crippen MR) is 171 cm³/mol. The highest BCUT2D eigenvalue weighted by Gasteiger charge is 2.31. The van der Waals surface area contributed by atoms with Crippen molar-refractivity contribution in [3.8, 4) is 11.5 Å². The zero-order chi connectivity index (χ0) is 28.5. The lowest BCUT2D eigenvalue weighted by molar-refractivity contribution is 0.0273. The Kier molecular flexibility index (Phi) is 8.44. The standard InChI is InChI=1S/C34H28Cl2O4S2/c35-19-21-1-5-29-25(15-21)33-27-17-23(3-7-31(27)41-29)39-13-11-37-9-10-38-12-14-40-24-4-8-32-28(18-24)34(33)26-16-22(20-36)2-6-30(26)42-32/h1-8,15-18H,9-14,19-20H2/b34-33+. The van der Waals surface area contributed by atoms with E-state index in [4.69, 9.17) is 42.1 Å². The zero-order valence-electron chi connectivity index (χ0n) is 22.8. The smallest absolute Gasteiger partial charge is 0.120 e. The van der Waals surface area contributed by atoms with E-state index in [2.05, 4.69) is 60.7 Å². The van der Waals surface area contributed by atoms with Crippen LogP contribution < -0.4 is 9.47 Å². The van der Waals surface area contributed by atoms with Crippen LogP contribution in [0.4, 0.5) is 0 Å². The van der Waals surface area contributed by atoms with Crippen molar-refractivity contribution in [2.45, 2.75) is 31.3 Å². The summed E-state index contributed by atoms with van der Waals surface area (Å²) in [5.41, 5.74) is 9.06. The van der Waals surface area contributed by atoms with E-state index in [9.17, 15) is 0 Å². The summed E-state index contributed by atoms with van der Waals surface area (Å²) in [7, 11) is 0. The first-order valence-corrected chi connectivity index (χ1v) is 16.6. The van der Waals surface area contributed by atoms with Crippen LogP contribution in [0, 0.1) is 0 Å². The minimum atomic E-state index is 0.441. The monoisotopic (exact) mass is 634 g/mol. The van der Waals surface area contributed by atoms with Crippen molar-refractivity contribution in [3.63, 3.8) is 0 Å². The van der Waals surface area contributed by atoms with Crippen LogP contribution in [0.15, 0.2) is 92.4 Å². The second-order valence-electron chi connectivity index (χ2n) is 10.1. The maximum Gasteiger partial charge on any atom is 0.120 e. The minimum Gasteiger partial charge on any atom is -0.491 e. The van der Waals surface area contributed by atoms with Crippen LogP contribution in [0.2, 0.25) is 0 Å². The first-order chi connectivity index (χ1) is 20.7. The molecule has 0 amide bonds. The van der Waals surface area contributed by atoms with Gasteiger partial charge in [-0.2, -0.15) is 0 Å². The van der Waals surface area contributed by atoms with Crippen LogP contribution in [0.3, 0.4) is 0 Å². The van der Waals surface area contributed by atoms with Gasteiger partial charge in [-0.05, 0) is 94.1 Å². The average molecular weight is 636 g/mol. The predicted octanol–water partition coefficient (Wildman–Crippen LogP) is 8.91. The molecule has 0 aliphatic carbocycles. The summed E-state index contributed by atoms with van der Waals surface area (Å²) < 4.78 is 23.8. The molecule has 0 saturated carbocycles. The number of hydrogen-bond donors (Lipinski definition) is 0. The van der Waals surface area contributed by atoms with Crippen LogP contribution in [-0.4, -0.2) is 39.6 Å². The molecule has 4 aromatic carbocycles. The summed E-state index contributed by atoms with van der Waals surface area (Å²) in [5.74, 6) is 2.50. The van der Waals surface area contributed by atoms with Crippen molar-refractivity contribution in [2.75, 3.05) is 39.6 Å². The highest BCUT2D eigenvalue weighted by Crippen LogP contribution is 2.55. The fourth-order valence-electron chi connectivity index (χ4n) is 5.48. The molecule has 0 spiro atoms. The number of ether oxygens (including phenoxy) is 4. The molecule has 4 aromatic rings. The quantitative estimate of drug-likeness (QED) is 0.177. The fraction of sp³-hybridized carbons (Fsp3) is 0.235. The molecule has 0 radical (unpaired) electrons. The van der Waals surface area contributed by atoms with Crippen LogP contribution in [0.1, 0.15) is 33.4 Å². The molecular formula is C34H28Cl2O4S2. The van der Waals surface area contributed by atoms with Gasteiger partial charge in [0.1, 0.15) is 24.7 Å². The molecule has 0 aromatic heterocycles. The lowest BCUT2D eigenvalue weighted by atomic mass is 9.84. The molecule has 0 atom stereocenters. The number of fused-ring (bicyclic) bond motifs is 6. The number of hydrogen-bond acceptors (Lipinski definition) is 6. The maximum absolute atomic E-state index is 6.39. The van der Waals surface area contributed by atoms with Gasteiger partial charge in [0.05, 0.1) is 26.4 Å². The Morgan fingerprint density at radius 1 is 0.476 bits per heavy atom. The van der Waals surface area contributed by atoms with Crippen molar-refractivity contribution in [3.05, 3.63) is 106 Å². The highest BCUT2D eigenvalue weighted by atomic mass is 35.5. The fourth-order valence-corrected chi connectivity index (χ4v) is 7.91. The van der Waals surface area contributed by atoms with E-state index >= 15 is 0 Å². The summed E-state index contributed by atoms with van der Waals surface area (Å²) in [4.78, 5) is 4.76. The molecule has 7 rings (SSSR count). The summed E-state index contributed by atoms with van der Waals surface area (Å²) >= 11 is 16.3. The number of halogens is 2. The Morgan fingerprint density at radius 2 is 0.857 bits per heavy atom. The van der Waals surface area contributed by atoms with Gasteiger partial charge in [0.15, 0.2) is 0 Å². The van der Waals surface area contributed by atoms with Crippen LogP contribution in [0.5, 0.6) is 11.5 Å². The van der Waals surface area contributed by atoms with E-state index in [1.165, 1.54) is 19.6 Å². The Hall–Kier alpha value is -2.58. The van der Waals surface area contributed by atoms with Gasteiger partial charge in [0.2, 0.25) is 0 Å². The normalized spacial score (nSPS) is 18.0. The topological polar surface area (TPSA) is 36.9 Å². The highest BCUT2D eigenvalue weighted by molar-refractivity contribution is 8.00. The SMILES string of the molecule is ClCc1ccc2c(c1)/C1=C3/c4cc(CCl)ccc4Sc4ccc(cc43)OCCOCCOCCOc3ccc(c1c3)S2. The molecule has 4 nitrogen and oxygen atoms in total. The van der Waals surface area contributed by atoms with Gasteiger partial charge in [0, 0.05) is 42.5 Å². The number of alkyl halides is 2. The molecule has 0 unspecified atom stereocenters. The van der Waals surface area contributed by atoms with E-state index in [1.54, 1.807) is 23.5 Å². The second-order valence-corrected chi connectivity index (χ2v) is 12.8. The Morgan fingerprint density at radius 3 is 1.29 bits per heavy atom. The molecule has 8 heteroatoms. The van der Waals surface area contributed by atoms with E-state index < -0.39 is 0 Å². The van der Waals surface area contributed by atoms with E-state index in [1.807, 2.05) is 12.1 Å². The van der Waals surface area contributed by atoms with Gasteiger partial charge in [-0.3, -0.25) is 0 Å². The van der Waals surface area contributed by atoms with E-state index in [0.717, 1.165) is 56.0 Å². The molecular weight excluding hydrogens is 607 g/mol. The molecule has 3 aliphatic rings. The second kappa shape index (κ2) is 12.6. The molecule has 214 valence electrons. The van der Waals surface area contributed by atoms with Crippen LogP contribution >= 0.6 is 46.7 Å². The summed E-state index contributed by atoms with van der Waals surface area (Å²) in [6.45, 7) is 2.92. The van der Waals surface area contributed by atoms with E-state index in [0.29, 0.717) is 51.4 Å². The van der Waals surface area contributed by atoms with Crippen molar-refractivity contribution >= 4 is 57.9 Å². The van der Waals surface area contributed by atoms with Crippen molar-refractivity contribution < 1.29 is 18.9 Å². The van der Waals surface area contributed by atoms with Gasteiger partial charge >= 0.3 is 0 Å². The Balaban J connectivity index is 1.53. The summed E-state index contributed by atoms with van der Waals surface area (Å²) in [6, 6.07) is 25.8. The van der Waals surface area contributed by atoms with Gasteiger partial charge in [-0.15, -0.1) is 23.2 Å². The third-order valence-electron chi connectivity index (χ3n) is 7.43. The number of benzene rings is 4. The molecule has 0 fully saturated rings. The van der Waals surface area contributed by atoms with Gasteiger partial charge in [-0.1, -0.05) is 35.7 Å². The molecule has 0 N–H and O–H groups in total. The first kappa shape index (κ1) is 28.2. The van der Waals surface area contributed by atoms with Crippen LogP contribution in [0.25, 0.3) is 11.1 Å². The average Bonchev–Trinajstić information content (AvgIpc) is 3.02. The lowest BCUT2D eigenvalue weighted by Gasteiger charge is -2.30. The minimum absolute atomic E-state index is 0.441. The Bertz CT molecular complexity index is 1560. The van der Waals surface area contributed by atoms with Crippen molar-refractivity contribution in [1.82, 2.24) is 0 Å². The largest absolute Gasteiger partial charge is 0.491 e. The third-order valence-corrected chi connectivity index (χ3v) is 10.4. The third kappa shape index (κ3) is 5.57. The summed E-state index contributed by atoms with van der Waals surface area (Å²) in [5, 5.41) is 0. The van der Waals surface area contributed by atoms with Crippen molar-refractivity contribution in [1.29, 1.82) is 0 Å². The molecule has 0 saturated heterocycles. The zero-order valence-corrected chi connectivity index (χ0v) is 25.9. The van der Waals surface area contributed by atoms with Gasteiger partial charge < -0.3 is 18.9 Å². The van der Waals surface area contributed by atoms with Gasteiger partial charge in [0.25, 0.3) is 0 Å². The van der Waals surface area contributed by atoms with Gasteiger partial charge in [-0.25, -0.2) is 0 Å². The Labute approximate surface area is 264 Å². The molecule has 4 bridgehead atoms. The van der Waals surface area contributed by atoms with E-state index in [-0.39, 0.29) is 0 Å². The number of rotatable bonds is 2.